The molecule has 2 rings (SSSR count). The molecule has 0 aliphatic rings. The Balaban J connectivity index is 2.24. The van der Waals surface area contributed by atoms with Crippen LogP contribution in [0.4, 0.5) is 0 Å². The number of rotatable bonds is 7. The van der Waals surface area contributed by atoms with Crippen LogP contribution in [-0.4, -0.2) is 37.5 Å². The minimum Gasteiger partial charge on any atom is -0.497 e. The second kappa shape index (κ2) is 6.84. The van der Waals surface area contributed by atoms with E-state index in [9.17, 15) is 13.2 Å². The molecule has 0 bridgehead atoms. The van der Waals surface area contributed by atoms with Crippen LogP contribution in [0.15, 0.2) is 46.1 Å². The Morgan fingerprint density at radius 2 is 1.96 bits per heavy atom. The molecule has 0 saturated heterocycles. The second-order valence-electron chi connectivity index (χ2n) is 4.74. The van der Waals surface area contributed by atoms with E-state index in [1.807, 2.05) is 0 Å². The average molecular weight is 339 g/mol. The van der Waals surface area contributed by atoms with Crippen LogP contribution in [-0.2, 0) is 16.6 Å². The van der Waals surface area contributed by atoms with Gasteiger partial charge >= 0.3 is 5.97 Å². The van der Waals surface area contributed by atoms with Crippen molar-refractivity contribution in [3.63, 3.8) is 0 Å². The van der Waals surface area contributed by atoms with Crippen molar-refractivity contribution in [3.8, 4) is 5.75 Å². The number of hydrogen-bond acceptors (Lipinski definition) is 5. The van der Waals surface area contributed by atoms with E-state index in [0.717, 1.165) is 17.9 Å². The molecular weight excluding hydrogens is 322 g/mol. The predicted octanol–water partition coefficient (Wildman–Crippen LogP) is 2.20. The highest BCUT2D eigenvalue weighted by atomic mass is 32.2. The number of furan rings is 1. The topological polar surface area (TPSA) is 97.0 Å². The monoisotopic (exact) mass is 339 g/mol. The van der Waals surface area contributed by atoms with Crippen molar-refractivity contribution in [3.05, 3.63) is 47.7 Å². The summed E-state index contributed by atoms with van der Waals surface area (Å²) in [4.78, 5) is 10.9. The summed E-state index contributed by atoms with van der Waals surface area (Å²) in [6.07, 6.45) is 0.913. The lowest BCUT2D eigenvalue weighted by molar-refractivity contribution is 0.0696. The van der Waals surface area contributed by atoms with Crippen LogP contribution in [0.3, 0.4) is 0 Å². The maximum atomic E-state index is 12.5. The molecule has 2 aromatic rings. The lowest BCUT2D eigenvalue weighted by Crippen LogP contribution is -2.30. The molecule has 0 atom stereocenters. The lowest BCUT2D eigenvalue weighted by atomic mass is 10.2. The maximum Gasteiger partial charge on any atom is 0.339 e. The molecule has 0 unspecified atom stereocenters. The van der Waals surface area contributed by atoms with Gasteiger partial charge in [0.05, 0.1) is 12.7 Å². The molecule has 0 spiro atoms. The van der Waals surface area contributed by atoms with Gasteiger partial charge in [-0.15, -0.1) is 0 Å². The Bertz CT molecular complexity index is 779. The van der Waals surface area contributed by atoms with E-state index in [4.69, 9.17) is 14.3 Å². The third-order valence-electron chi connectivity index (χ3n) is 3.29. The molecule has 0 radical (unpaired) electrons. The van der Waals surface area contributed by atoms with Crippen molar-refractivity contribution < 1.29 is 27.5 Å². The molecule has 0 saturated carbocycles. The number of aromatic carboxylic acids is 1. The molecule has 1 heterocycles. The van der Waals surface area contributed by atoms with Gasteiger partial charge in [0.25, 0.3) is 10.0 Å². The third-order valence-corrected chi connectivity index (χ3v) is 5.08. The molecular formula is C15H17NO6S. The fraction of sp³-hybridized carbons (Fsp3) is 0.267. The minimum absolute atomic E-state index is 0.145. The largest absolute Gasteiger partial charge is 0.497 e. The van der Waals surface area contributed by atoms with E-state index < -0.39 is 16.0 Å². The smallest absolute Gasteiger partial charge is 0.339 e. The molecule has 1 aromatic carbocycles. The van der Waals surface area contributed by atoms with Crippen molar-refractivity contribution in [1.82, 2.24) is 4.31 Å². The van der Waals surface area contributed by atoms with Crippen LogP contribution < -0.4 is 4.74 Å². The fourth-order valence-corrected chi connectivity index (χ4v) is 3.35. The quantitative estimate of drug-likeness (QED) is 0.830. The summed E-state index contributed by atoms with van der Waals surface area (Å²) in [7, 11) is -2.36. The number of carboxylic acids is 1. The standard InChI is InChI=1S/C15H17NO6S/c1-3-16(9-11-4-6-13(21-2)7-5-11)23(19,20)14-8-12(10-22-14)15(17)18/h4-8,10H,3,9H2,1-2H3,(H,17,18). The number of carbonyl (C=O) groups is 1. The van der Waals surface area contributed by atoms with Crippen molar-refractivity contribution in [2.24, 2.45) is 0 Å². The summed E-state index contributed by atoms with van der Waals surface area (Å²) in [5.74, 6) is -0.565. The predicted molar refractivity (Wildman–Crippen MR) is 81.9 cm³/mol. The number of carboxylic acid groups (broad SMARTS) is 1. The Hall–Kier alpha value is -2.32. The van der Waals surface area contributed by atoms with Crippen LogP contribution in [0.2, 0.25) is 0 Å². The molecule has 23 heavy (non-hydrogen) atoms. The molecule has 0 aliphatic carbocycles. The van der Waals surface area contributed by atoms with Gasteiger partial charge in [-0.3, -0.25) is 0 Å². The fourth-order valence-electron chi connectivity index (χ4n) is 1.99. The van der Waals surface area contributed by atoms with Crippen LogP contribution in [0.5, 0.6) is 5.75 Å². The molecule has 1 N–H and O–H groups in total. The maximum absolute atomic E-state index is 12.5. The molecule has 124 valence electrons. The van der Waals surface area contributed by atoms with E-state index in [-0.39, 0.29) is 23.7 Å². The van der Waals surface area contributed by atoms with Gasteiger partial charge in [-0.25, -0.2) is 13.2 Å². The summed E-state index contributed by atoms with van der Waals surface area (Å²) in [6.45, 7) is 2.06. The summed E-state index contributed by atoms with van der Waals surface area (Å²) in [5.41, 5.74) is 0.574. The van der Waals surface area contributed by atoms with Crippen LogP contribution >= 0.6 is 0 Å². The SMILES string of the molecule is CCN(Cc1ccc(OC)cc1)S(=O)(=O)c1cc(C(=O)O)co1. The first-order valence-corrected chi connectivity index (χ1v) is 8.27. The number of benzene rings is 1. The van der Waals surface area contributed by atoms with E-state index in [1.165, 1.54) is 4.31 Å². The van der Waals surface area contributed by atoms with Gasteiger partial charge in [-0.2, -0.15) is 4.31 Å². The zero-order chi connectivity index (χ0) is 17.0. The molecule has 0 fully saturated rings. The first-order valence-electron chi connectivity index (χ1n) is 6.83. The number of nitrogens with zero attached hydrogens (tertiary/aromatic N) is 1. The van der Waals surface area contributed by atoms with Crippen molar-refractivity contribution in [1.29, 1.82) is 0 Å². The normalized spacial score (nSPS) is 11.6. The van der Waals surface area contributed by atoms with E-state index in [2.05, 4.69) is 0 Å². The average Bonchev–Trinajstić information content (AvgIpc) is 3.04. The molecule has 7 nitrogen and oxygen atoms in total. The van der Waals surface area contributed by atoms with Gasteiger partial charge in [0.15, 0.2) is 0 Å². The van der Waals surface area contributed by atoms with Gasteiger partial charge in [-0.1, -0.05) is 19.1 Å². The molecule has 0 aliphatic heterocycles. The number of sulfonamides is 1. The Morgan fingerprint density at radius 3 is 2.43 bits per heavy atom. The van der Waals surface area contributed by atoms with Gasteiger partial charge in [0, 0.05) is 19.2 Å². The Morgan fingerprint density at radius 1 is 1.30 bits per heavy atom. The first-order chi connectivity index (χ1) is 10.9. The highest BCUT2D eigenvalue weighted by Gasteiger charge is 2.27. The van der Waals surface area contributed by atoms with E-state index in [1.54, 1.807) is 38.3 Å². The Labute approximate surface area is 134 Å². The van der Waals surface area contributed by atoms with Crippen LogP contribution in [0.1, 0.15) is 22.8 Å². The molecule has 8 heteroatoms. The van der Waals surface area contributed by atoms with Crippen LogP contribution in [0.25, 0.3) is 0 Å². The number of methoxy groups -OCH3 is 1. The van der Waals surface area contributed by atoms with Crippen molar-refractivity contribution in [2.75, 3.05) is 13.7 Å². The van der Waals surface area contributed by atoms with E-state index >= 15 is 0 Å². The highest BCUT2D eigenvalue weighted by Crippen LogP contribution is 2.21. The van der Waals surface area contributed by atoms with Gasteiger partial charge in [-0.05, 0) is 17.7 Å². The second-order valence-corrected chi connectivity index (χ2v) is 6.61. The lowest BCUT2D eigenvalue weighted by Gasteiger charge is -2.19. The summed E-state index contributed by atoms with van der Waals surface area (Å²) >= 11 is 0. The van der Waals surface area contributed by atoms with Gasteiger partial charge in [0.2, 0.25) is 5.09 Å². The zero-order valence-corrected chi connectivity index (χ0v) is 13.5. The number of hydrogen-bond donors (Lipinski definition) is 1. The minimum atomic E-state index is -3.91. The highest BCUT2D eigenvalue weighted by molar-refractivity contribution is 7.89. The zero-order valence-electron chi connectivity index (χ0n) is 12.7. The Kier molecular flexibility index (Phi) is 5.07. The van der Waals surface area contributed by atoms with Crippen molar-refractivity contribution >= 4 is 16.0 Å². The summed E-state index contributed by atoms with van der Waals surface area (Å²) in [6, 6.07) is 8.02. The molecule has 0 amide bonds. The first kappa shape index (κ1) is 17.0. The third kappa shape index (κ3) is 3.72. The summed E-state index contributed by atoms with van der Waals surface area (Å²) < 4.78 is 36.3. The number of ether oxygens (including phenoxy) is 1. The summed E-state index contributed by atoms with van der Waals surface area (Å²) in [5, 5.41) is 8.48. The van der Waals surface area contributed by atoms with Crippen LogP contribution in [0, 0.1) is 0 Å². The molecule has 1 aromatic heterocycles. The van der Waals surface area contributed by atoms with Gasteiger partial charge in [0.1, 0.15) is 12.0 Å². The van der Waals surface area contributed by atoms with Gasteiger partial charge < -0.3 is 14.3 Å². The van der Waals surface area contributed by atoms with E-state index in [0.29, 0.717) is 5.75 Å². The van der Waals surface area contributed by atoms with Crippen molar-refractivity contribution in [2.45, 2.75) is 18.6 Å².